The summed E-state index contributed by atoms with van der Waals surface area (Å²) in [5.74, 6) is -0.888. The van der Waals surface area contributed by atoms with Crippen LogP contribution in [0.4, 0.5) is 0 Å². The number of pyridine rings is 1. The molecule has 1 N–H and O–H groups in total. The fraction of sp³-hybridized carbons (Fsp3) is 0.476. The lowest BCUT2D eigenvalue weighted by Crippen LogP contribution is -2.39. The van der Waals surface area contributed by atoms with Crippen LogP contribution < -0.4 is 4.74 Å². The third-order valence-electron chi connectivity index (χ3n) is 4.93. The lowest BCUT2D eigenvalue weighted by atomic mass is 9.72. The first-order chi connectivity index (χ1) is 13.6. The number of aromatic nitrogens is 1. The number of halogens is 2. The third-order valence-corrected chi connectivity index (χ3v) is 5.52. The number of hydrogen-bond acceptors (Lipinski definition) is 6. The monoisotopic (exact) mass is 441 g/mol. The zero-order chi connectivity index (χ0) is 21.8. The molecule has 0 aliphatic rings. The maximum Gasteiger partial charge on any atom is 0.317 e. The molecule has 1 unspecified atom stereocenters. The molecule has 8 heteroatoms. The van der Waals surface area contributed by atoms with E-state index in [9.17, 15) is 9.59 Å². The van der Waals surface area contributed by atoms with E-state index < -0.39 is 22.8 Å². The zero-order valence-corrected chi connectivity index (χ0v) is 18.4. The summed E-state index contributed by atoms with van der Waals surface area (Å²) in [6.07, 6.45) is 2.21. The highest BCUT2D eigenvalue weighted by atomic mass is 35.5. The topological polar surface area (TPSA) is 85.7 Å². The van der Waals surface area contributed by atoms with Crippen LogP contribution in [0.2, 0.25) is 10.0 Å². The van der Waals surface area contributed by atoms with Gasteiger partial charge in [-0.2, -0.15) is 0 Å². The Morgan fingerprint density at radius 3 is 2.48 bits per heavy atom. The van der Waals surface area contributed by atoms with Crippen LogP contribution >= 0.6 is 23.2 Å². The summed E-state index contributed by atoms with van der Waals surface area (Å²) in [7, 11) is 0. The van der Waals surface area contributed by atoms with Crippen LogP contribution in [0.1, 0.15) is 40.5 Å². The summed E-state index contributed by atoms with van der Waals surface area (Å²) in [5, 5.41) is 10.1. The minimum absolute atomic E-state index is 0.0860. The summed E-state index contributed by atoms with van der Waals surface area (Å²) in [5.41, 5.74) is -1.55. The Bertz CT molecular complexity index is 915. The van der Waals surface area contributed by atoms with Crippen LogP contribution in [0, 0.1) is 10.8 Å². The number of benzene rings is 1. The van der Waals surface area contributed by atoms with Crippen molar-refractivity contribution < 1.29 is 24.2 Å². The molecule has 2 aromatic rings. The molecule has 0 amide bonds. The molecule has 0 fully saturated rings. The first-order valence-corrected chi connectivity index (χ1v) is 10.0. The van der Waals surface area contributed by atoms with E-state index >= 15 is 0 Å². The second kappa shape index (κ2) is 9.28. The molecule has 1 aromatic heterocycles. The lowest BCUT2D eigenvalue weighted by molar-refractivity contribution is -0.160. The maximum atomic E-state index is 13.0. The van der Waals surface area contributed by atoms with Crippen LogP contribution in [-0.2, 0) is 14.3 Å². The van der Waals surface area contributed by atoms with Crippen molar-refractivity contribution in [3.8, 4) is 5.75 Å². The summed E-state index contributed by atoms with van der Waals surface area (Å²) in [6.45, 7) is 6.62. The van der Waals surface area contributed by atoms with Crippen molar-refractivity contribution in [3.05, 3.63) is 34.4 Å². The molecule has 29 heavy (non-hydrogen) atoms. The second-order valence-corrected chi connectivity index (χ2v) is 8.61. The first-order valence-electron chi connectivity index (χ1n) is 9.29. The number of ether oxygens (including phenoxy) is 2. The Labute approximate surface area is 180 Å². The number of aliphatic hydroxyl groups excluding tert-OH is 1. The van der Waals surface area contributed by atoms with Gasteiger partial charge in [-0.3, -0.25) is 14.6 Å². The number of rotatable bonds is 8. The summed E-state index contributed by atoms with van der Waals surface area (Å²) in [4.78, 5) is 29.7. The molecule has 6 nitrogen and oxygen atoms in total. The third kappa shape index (κ3) is 5.18. The van der Waals surface area contributed by atoms with Gasteiger partial charge in [-0.05, 0) is 51.8 Å². The van der Waals surface area contributed by atoms with Gasteiger partial charge in [-0.15, -0.1) is 0 Å². The number of nitrogens with zero attached hydrogens (tertiary/aromatic N) is 1. The lowest BCUT2D eigenvalue weighted by Gasteiger charge is -2.33. The Hall–Kier alpha value is -1.89. The molecule has 0 bridgehead atoms. The SMILES string of the molecule is CCC(C)(CC(C)(C)C(=O)Oc1c(Cl)cc(Cl)c2cccnc12)C(=O)OCCO. The van der Waals surface area contributed by atoms with E-state index in [1.165, 1.54) is 6.07 Å². The quantitative estimate of drug-likeness (QED) is 0.466. The molecule has 0 aliphatic carbocycles. The van der Waals surface area contributed by atoms with Crippen molar-refractivity contribution in [1.82, 2.24) is 4.98 Å². The van der Waals surface area contributed by atoms with Gasteiger partial charge in [0.05, 0.1) is 27.5 Å². The van der Waals surface area contributed by atoms with E-state index in [0.717, 1.165) is 0 Å². The van der Waals surface area contributed by atoms with E-state index in [-0.39, 0.29) is 30.4 Å². The average molecular weight is 442 g/mol. The number of esters is 2. The number of hydrogen-bond donors (Lipinski definition) is 1. The zero-order valence-electron chi connectivity index (χ0n) is 16.9. The van der Waals surface area contributed by atoms with Gasteiger partial charge in [0, 0.05) is 11.6 Å². The highest BCUT2D eigenvalue weighted by molar-refractivity contribution is 6.39. The van der Waals surface area contributed by atoms with E-state index in [1.54, 1.807) is 39.1 Å². The van der Waals surface area contributed by atoms with Gasteiger partial charge in [0.2, 0.25) is 0 Å². The highest BCUT2D eigenvalue weighted by Gasteiger charge is 2.43. The summed E-state index contributed by atoms with van der Waals surface area (Å²) < 4.78 is 10.7. The van der Waals surface area contributed by atoms with Crippen molar-refractivity contribution in [2.24, 2.45) is 10.8 Å². The smallest absolute Gasteiger partial charge is 0.317 e. The van der Waals surface area contributed by atoms with Crippen LogP contribution in [-0.4, -0.2) is 35.2 Å². The van der Waals surface area contributed by atoms with Gasteiger partial charge in [-0.1, -0.05) is 30.1 Å². The molecule has 1 heterocycles. The number of carbonyl (C=O) groups excluding carboxylic acids is 2. The summed E-state index contributed by atoms with van der Waals surface area (Å²) in [6, 6.07) is 4.99. The van der Waals surface area contributed by atoms with Gasteiger partial charge in [0.1, 0.15) is 12.1 Å². The van der Waals surface area contributed by atoms with Crippen LogP contribution in [0.25, 0.3) is 10.9 Å². The molecule has 0 spiro atoms. The summed E-state index contributed by atoms with van der Waals surface area (Å²) >= 11 is 12.5. The average Bonchev–Trinajstić information content (AvgIpc) is 2.68. The molecule has 158 valence electrons. The molecule has 1 aromatic carbocycles. The number of fused-ring (bicyclic) bond motifs is 1. The van der Waals surface area contributed by atoms with Gasteiger partial charge in [0.25, 0.3) is 0 Å². The Kier molecular flexibility index (Phi) is 7.49. The van der Waals surface area contributed by atoms with Gasteiger partial charge in [-0.25, -0.2) is 0 Å². The fourth-order valence-electron chi connectivity index (χ4n) is 3.18. The fourth-order valence-corrected chi connectivity index (χ4v) is 3.73. The van der Waals surface area contributed by atoms with E-state index in [0.29, 0.717) is 22.3 Å². The standard InChI is InChI=1S/C21H25Cl2NO5/c1-5-21(4,19(27)28-10-9-25)12-20(2,3)18(26)29-17-15(23)11-14(22)13-7-6-8-24-16(13)17/h6-8,11,25H,5,9-10,12H2,1-4H3. The maximum absolute atomic E-state index is 13.0. The second-order valence-electron chi connectivity index (χ2n) is 7.79. The van der Waals surface area contributed by atoms with Crippen LogP contribution in [0.3, 0.4) is 0 Å². The Morgan fingerprint density at radius 2 is 1.86 bits per heavy atom. The van der Waals surface area contributed by atoms with Crippen LogP contribution in [0.5, 0.6) is 5.75 Å². The molecule has 0 saturated heterocycles. The largest absolute Gasteiger partial charge is 0.463 e. The van der Waals surface area contributed by atoms with Gasteiger partial charge < -0.3 is 14.6 Å². The predicted octanol–water partition coefficient (Wildman–Crippen LogP) is 4.82. The van der Waals surface area contributed by atoms with Crippen molar-refractivity contribution in [1.29, 1.82) is 0 Å². The van der Waals surface area contributed by atoms with Crippen molar-refractivity contribution >= 4 is 46.0 Å². The minimum atomic E-state index is -1.02. The normalized spacial score (nSPS) is 13.8. The van der Waals surface area contributed by atoms with Crippen molar-refractivity contribution in [2.75, 3.05) is 13.2 Å². The van der Waals surface area contributed by atoms with E-state index in [4.69, 9.17) is 37.8 Å². The molecule has 2 rings (SSSR count). The molecule has 0 radical (unpaired) electrons. The van der Waals surface area contributed by atoms with Gasteiger partial charge >= 0.3 is 11.9 Å². The first kappa shape index (κ1) is 23.4. The molecule has 1 atom stereocenters. The number of carbonyl (C=O) groups is 2. The van der Waals surface area contributed by atoms with E-state index in [1.807, 2.05) is 6.92 Å². The molecular formula is C21H25Cl2NO5. The minimum Gasteiger partial charge on any atom is -0.463 e. The van der Waals surface area contributed by atoms with Gasteiger partial charge in [0.15, 0.2) is 5.75 Å². The van der Waals surface area contributed by atoms with Crippen LogP contribution in [0.15, 0.2) is 24.4 Å². The highest BCUT2D eigenvalue weighted by Crippen LogP contribution is 2.41. The van der Waals surface area contributed by atoms with E-state index in [2.05, 4.69) is 4.98 Å². The Morgan fingerprint density at radius 1 is 1.17 bits per heavy atom. The Balaban J connectivity index is 2.30. The molecule has 0 aliphatic heterocycles. The molecular weight excluding hydrogens is 417 g/mol. The number of aliphatic hydroxyl groups is 1. The van der Waals surface area contributed by atoms with Crippen molar-refractivity contribution in [2.45, 2.75) is 40.5 Å². The van der Waals surface area contributed by atoms with Crippen molar-refractivity contribution in [3.63, 3.8) is 0 Å². The molecule has 0 saturated carbocycles. The predicted molar refractivity (Wildman–Crippen MR) is 112 cm³/mol.